The molecule has 0 spiro atoms. The Morgan fingerprint density at radius 2 is 1.82 bits per heavy atom. The van der Waals surface area contributed by atoms with E-state index in [9.17, 15) is 4.57 Å². The molecule has 4 nitrogen and oxygen atoms in total. The van der Waals surface area contributed by atoms with Crippen LogP contribution in [-0.2, 0) is 4.57 Å². The molecule has 0 aromatic heterocycles. The van der Waals surface area contributed by atoms with Crippen LogP contribution in [0.25, 0.3) is 0 Å². The van der Waals surface area contributed by atoms with Gasteiger partial charge in [0.15, 0.2) is 0 Å². The Morgan fingerprint density at radius 3 is 2.09 bits per heavy atom. The van der Waals surface area contributed by atoms with Crippen LogP contribution in [0.5, 0.6) is 0 Å². The number of rotatable bonds is 4. The van der Waals surface area contributed by atoms with E-state index in [4.69, 9.17) is 9.79 Å². The van der Waals surface area contributed by atoms with Gasteiger partial charge in [0, 0.05) is 0 Å². The standard InChI is InChI=1S/C5H17AsNO3P/c1-6(2,3)4-5-7-11(8,9)10/h6H,4-5H2,1-3H3,(H3,7,8,9,10). The Morgan fingerprint density at radius 1 is 1.36 bits per heavy atom. The molecule has 0 saturated carbocycles. The van der Waals surface area contributed by atoms with Gasteiger partial charge in [-0.25, -0.2) is 0 Å². The maximum atomic E-state index is 10.3. The van der Waals surface area contributed by atoms with Crippen LogP contribution in [0.4, 0.5) is 0 Å². The van der Waals surface area contributed by atoms with Crippen molar-refractivity contribution >= 4 is 21.3 Å². The number of hydrogen-bond acceptors (Lipinski definition) is 1. The summed E-state index contributed by atoms with van der Waals surface area (Å²) in [5, 5.41) is 3.13. The maximum absolute atomic E-state index is 10.3. The third-order valence-corrected chi connectivity index (χ3v) is 5.50. The van der Waals surface area contributed by atoms with E-state index in [1.807, 2.05) is 0 Å². The third-order valence-electron chi connectivity index (χ3n) is 1.19. The summed E-state index contributed by atoms with van der Waals surface area (Å²) >= 11 is -1.61. The predicted molar refractivity (Wildman–Crippen MR) is 49.6 cm³/mol. The van der Waals surface area contributed by atoms with Crippen LogP contribution in [0.15, 0.2) is 0 Å². The molecule has 0 bridgehead atoms. The summed E-state index contributed by atoms with van der Waals surface area (Å²) in [6, 6.07) is 0. The van der Waals surface area contributed by atoms with Crippen molar-refractivity contribution in [3.05, 3.63) is 0 Å². The molecule has 0 fully saturated rings. The van der Waals surface area contributed by atoms with Gasteiger partial charge in [-0.2, -0.15) is 0 Å². The molecule has 3 N–H and O–H groups in total. The molecule has 0 aliphatic heterocycles. The summed E-state index contributed by atoms with van der Waals surface area (Å²) in [5.74, 6) is 0. The van der Waals surface area contributed by atoms with Crippen molar-refractivity contribution in [3.63, 3.8) is 0 Å². The zero-order chi connectivity index (χ0) is 9.12. The third kappa shape index (κ3) is 10.7. The van der Waals surface area contributed by atoms with Gasteiger partial charge in [0.05, 0.1) is 0 Å². The van der Waals surface area contributed by atoms with E-state index < -0.39 is 21.3 Å². The topological polar surface area (TPSA) is 69.6 Å². The molecule has 0 radical (unpaired) electrons. The SMILES string of the molecule is C[AsH](C)(C)CCNP(=O)(O)O. The molecular weight excluding hydrogens is 228 g/mol. The Bertz CT molecular complexity index is 162. The summed E-state index contributed by atoms with van der Waals surface area (Å²) in [6.07, 6.45) is 0. The van der Waals surface area contributed by atoms with Crippen LogP contribution in [0.1, 0.15) is 0 Å². The molecule has 0 aromatic rings. The fraction of sp³-hybridized carbons (Fsp3) is 1.00. The van der Waals surface area contributed by atoms with Crippen LogP contribution in [0, 0.1) is 0 Å². The van der Waals surface area contributed by atoms with Crippen LogP contribution < -0.4 is 5.09 Å². The summed E-state index contributed by atoms with van der Waals surface area (Å²) < 4.78 is 10.3. The quantitative estimate of drug-likeness (QED) is 0.504. The second-order valence-electron chi connectivity index (χ2n) is 3.76. The van der Waals surface area contributed by atoms with Gasteiger partial charge in [-0.1, -0.05) is 0 Å². The van der Waals surface area contributed by atoms with Crippen molar-refractivity contribution in [1.29, 1.82) is 0 Å². The summed E-state index contributed by atoms with van der Waals surface area (Å²) in [5.41, 5.74) is 6.63. The first-order chi connectivity index (χ1) is 4.71. The average molecular weight is 245 g/mol. The van der Waals surface area contributed by atoms with Gasteiger partial charge < -0.3 is 0 Å². The Kier molecular flexibility index (Phi) is 4.31. The second-order valence-corrected chi connectivity index (χ2v) is 17.0. The van der Waals surface area contributed by atoms with Crippen molar-refractivity contribution in [2.45, 2.75) is 22.3 Å². The normalized spacial score (nSPS) is 15.0. The van der Waals surface area contributed by atoms with Gasteiger partial charge in [-0.05, 0) is 0 Å². The minimum absolute atomic E-state index is 0.438. The minimum atomic E-state index is -3.97. The monoisotopic (exact) mass is 245 g/mol. The van der Waals surface area contributed by atoms with Crippen LogP contribution >= 0.6 is 7.75 Å². The molecule has 11 heavy (non-hydrogen) atoms. The van der Waals surface area contributed by atoms with E-state index in [2.05, 4.69) is 22.2 Å². The zero-order valence-electron chi connectivity index (χ0n) is 7.16. The predicted octanol–water partition coefficient (Wildman–Crippen LogP) is 0.739. The first-order valence-electron chi connectivity index (χ1n) is 3.51. The van der Waals surface area contributed by atoms with Gasteiger partial charge in [-0.15, -0.1) is 0 Å². The van der Waals surface area contributed by atoms with E-state index >= 15 is 0 Å². The van der Waals surface area contributed by atoms with E-state index in [-0.39, 0.29) is 0 Å². The summed E-state index contributed by atoms with van der Waals surface area (Å²) in [7, 11) is -3.97. The molecule has 70 valence electrons. The van der Waals surface area contributed by atoms with Gasteiger partial charge >= 0.3 is 69.6 Å². The molecule has 0 aromatic carbocycles. The van der Waals surface area contributed by atoms with Crippen molar-refractivity contribution in [2.75, 3.05) is 6.54 Å². The van der Waals surface area contributed by atoms with Crippen molar-refractivity contribution in [3.8, 4) is 0 Å². The number of nitrogens with one attached hydrogen (secondary N) is 1. The van der Waals surface area contributed by atoms with Crippen LogP contribution in [-0.4, -0.2) is 29.9 Å². The van der Waals surface area contributed by atoms with Gasteiger partial charge in [-0.3, -0.25) is 0 Å². The van der Waals surface area contributed by atoms with Gasteiger partial charge in [0.25, 0.3) is 0 Å². The average Bonchev–Trinajstić information content (AvgIpc) is 1.55. The molecule has 0 aliphatic carbocycles. The van der Waals surface area contributed by atoms with Crippen molar-refractivity contribution in [2.24, 2.45) is 0 Å². The van der Waals surface area contributed by atoms with Gasteiger partial charge in [0.2, 0.25) is 0 Å². The first kappa shape index (κ1) is 11.7. The van der Waals surface area contributed by atoms with Crippen molar-refractivity contribution < 1.29 is 14.4 Å². The molecule has 0 heterocycles. The Hall–Kier alpha value is 0.668. The summed E-state index contributed by atoms with van der Waals surface area (Å²) in [6.45, 7) is 0.438. The molecule has 0 unspecified atom stereocenters. The fourth-order valence-corrected chi connectivity index (χ4v) is 3.26. The molecule has 6 heteroatoms. The molecule has 0 rings (SSSR count). The van der Waals surface area contributed by atoms with E-state index in [1.54, 1.807) is 0 Å². The first-order valence-corrected chi connectivity index (χ1v) is 12.9. The Labute approximate surface area is 70.0 Å². The second kappa shape index (κ2) is 4.06. The Balaban J connectivity index is 3.52. The van der Waals surface area contributed by atoms with E-state index in [0.29, 0.717) is 6.54 Å². The molecule has 0 saturated heterocycles. The molecule has 0 amide bonds. The van der Waals surface area contributed by atoms with Gasteiger partial charge in [0.1, 0.15) is 0 Å². The van der Waals surface area contributed by atoms with Crippen LogP contribution in [0.3, 0.4) is 0 Å². The molecule has 0 aliphatic rings. The summed E-state index contributed by atoms with van der Waals surface area (Å²) in [4.78, 5) is 16.9. The number of hydrogen-bond donors (Lipinski definition) is 3. The molecular formula is C5H17AsNO3P. The molecule has 0 atom stereocenters. The zero-order valence-corrected chi connectivity index (χ0v) is 10.2. The van der Waals surface area contributed by atoms with E-state index in [1.165, 1.54) is 0 Å². The van der Waals surface area contributed by atoms with E-state index in [0.717, 1.165) is 5.21 Å². The van der Waals surface area contributed by atoms with Crippen LogP contribution in [0.2, 0.25) is 22.3 Å². The fourth-order valence-electron chi connectivity index (χ4n) is 0.577. The van der Waals surface area contributed by atoms with Crippen molar-refractivity contribution in [1.82, 2.24) is 5.09 Å².